The molecule has 3 N–H and O–H groups in total. The van der Waals surface area contributed by atoms with Gasteiger partial charge in [-0.3, -0.25) is 4.99 Å². The number of anilines is 1. The van der Waals surface area contributed by atoms with Crippen molar-refractivity contribution in [3.8, 4) is 11.5 Å². The molecule has 1 aromatic heterocycles. The van der Waals surface area contributed by atoms with Crippen molar-refractivity contribution in [3.05, 3.63) is 47.8 Å². The van der Waals surface area contributed by atoms with Crippen LogP contribution in [0.4, 0.5) is 18.9 Å². The van der Waals surface area contributed by atoms with E-state index in [-0.39, 0.29) is 18.9 Å². The van der Waals surface area contributed by atoms with Gasteiger partial charge in [0.1, 0.15) is 5.69 Å². The van der Waals surface area contributed by atoms with Crippen molar-refractivity contribution in [1.82, 2.24) is 4.98 Å². The van der Waals surface area contributed by atoms with Crippen LogP contribution in [0.5, 0.6) is 11.5 Å². The Morgan fingerprint density at radius 1 is 1.15 bits per heavy atom. The molecule has 27 heavy (non-hydrogen) atoms. The molecular weight excluding hydrogens is 361 g/mol. The molecule has 144 valence electrons. The highest BCUT2D eigenvalue weighted by Crippen LogP contribution is 2.32. The number of aromatic nitrogens is 1. The second-order valence-electron chi connectivity index (χ2n) is 5.87. The molecule has 0 saturated heterocycles. The van der Waals surface area contributed by atoms with Gasteiger partial charge in [0.2, 0.25) is 0 Å². The molecular formula is C18H19F3N4O2. The lowest BCUT2D eigenvalue weighted by Crippen LogP contribution is -2.23. The topological polar surface area (TPSA) is 81.8 Å². The van der Waals surface area contributed by atoms with Crippen LogP contribution in [0.3, 0.4) is 0 Å². The molecule has 3 rings (SSSR count). The van der Waals surface area contributed by atoms with Crippen LogP contribution in [0, 0.1) is 0 Å². The third-order valence-electron chi connectivity index (χ3n) is 3.77. The molecule has 0 aliphatic carbocycles. The number of ether oxygens (including phenoxy) is 2. The van der Waals surface area contributed by atoms with Gasteiger partial charge in [0.15, 0.2) is 17.5 Å². The second-order valence-corrected chi connectivity index (χ2v) is 5.87. The molecule has 1 aliphatic heterocycles. The minimum Gasteiger partial charge on any atom is -0.490 e. The predicted octanol–water partition coefficient (Wildman–Crippen LogP) is 3.23. The quantitative estimate of drug-likeness (QED) is 0.629. The van der Waals surface area contributed by atoms with Crippen LogP contribution in [-0.4, -0.2) is 30.7 Å². The molecule has 6 nitrogen and oxygen atoms in total. The molecule has 2 heterocycles. The van der Waals surface area contributed by atoms with E-state index < -0.39 is 11.9 Å². The van der Waals surface area contributed by atoms with E-state index in [1.807, 2.05) is 0 Å². The van der Waals surface area contributed by atoms with Gasteiger partial charge in [-0.05, 0) is 24.3 Å². The number of nitrogens with one attached hydrogen (secondary N) is 1. The van der Waals surface area contributed by atoms with E-state index in [1.165, 1.54) is 12.1 Å². The van der Waals surface area contributed by atoms with E-state index in [1.54, 1.807) is 18.2 Å². The average Bonchev–Trinajstić information content (AvgIpc) is 2.86. The third-order valence-corrected chi connectivity index (χ3v) is 3.77. The Labute approximate surface area is 154 Å². The first-order chi connectivity index (χ1) is 12.9. The minimum atomic E-state index is -4.46. The smallest absolute Gasteiger partial charge is 0.433 e. The highest BCUT2D eigenvalue weighted by molar-refractivity contribution is 5.92. The lowest BCUT2D eigenvalue weighted by molar-refractivity contribution is -0.141. The number of guanidine groups is 1. The summed E-state index contributed by atoms with van der Waals surface area (Å²) in [5, 5.41) is 2.93. The Balaban J connectivity index is 1.58. The molecule has 0 saturated carbocycles. The molecule has 0 bridgehead atoms. The van der Waals surface area contributed by atoms with E-state index >= 15 is 0 Å². The Bertz CT molecular complexity index is 824. The van der Waals surface area contributed by atoms with Crippen molar-refractivity contribution in [2.24, 2.45) is 10.7 Å². The van der Waals surface area contributed by atoms with E-state index in [2.05, 4.69) is 15.3 Å². The largest absolute Gasteiger partial charge is 0.490 e. The maximum Gasteiger partial charge on any atom is 0.433 e. The number of fused-ring (bicyclic) bond motifs is 1. The van der Waals surface area contributed by atoms with Gasteiger partial charge in [0.05, 0.1) is 13.2 Å². The van der Waals surface area contributed by atoms with Gasteiger partial charge in [0, 0.05) is 36.8 Å². The summed E-state index contributed by atoms with van der Waals surface area (Å²) < 4.78 is 49.2. The number of pyridine rings is 1. The van der Waals surface area contributed by atoms with Crippen LogP contribution in [-0.2, 0) is 12.6 Å². The molecule has 1 aromatic carbocycles. The zero-order valence-electron chi connectivity index (χ0n) is 14.4. The number of halogens is 3. The monoisotopic (exact) mass is 380 g/mol. The van der Waals surface area contributed by atoms with E-state index in [9.17, 15) is 13.2 Å². The zero-order chi connectivity index (χ0) is 19.3. The van der Waals surface area contributed by atoms with Crippen LogP contribution in [0.25, 0.3) is 0 Å². The summed E-state index contributed by atoms with van der Waals surface area (Å²) >= 11 is 0. The number of hydrogen-bond acceptors (Lipinski definition) is 4. The standard InChI is InChI=1S/C18H19F3N4O2/c19-18(20,21)16-4-1-3-12(24-16)7-8-23-17(22)25-13-5-6-14-15(11-13)27-10-2-9-26-14/h1,3-6,11H,2,7-10H2,(H3,22,23,25). The molecule has 0 unspecified atom stereocenters. The number of nitrogens with two attached hydrogens (primary N) is 1. The first kappa shape index (κ1) is 18.8. The molecule has 0 atom stereocenters. The van der Waals surface area contributed by atoms with Gasteiger partial charge in [-0.15, -0.1) is 0 Å². The number of alkyl halides is 3. The van der Waals surface area contributed by atoms with Crippen LogP contribution < -0.4 is 20.5 Å². The summed E-state index contributed by atoms with van der Waals surface area (Å²) in [6.07, 6.45) is -3.41. The Morgan fingerprint density at radius 2 is 1.93 bits per heavy atom. The van der Waals surface area contributed by atoms with Crippen molar-refractivity contribution < 1.29 is 22.6 Å². The van der Waals surface area contributed by atoms with Crippen molar-refractivity contribution in [1.29, 1.82) is 0 Å². The van der Waals surface area contributed by atoms with E-state index in [0.717, 1.165) is 12.5 Å². The summed E-state index contributed by atoms with van der Waals surface area (Å²) in [6.45, 7) is 1.38. The molecule has 2 aromatic rings. The maximum atomic E-state index is 12.7. The van der Waals surface area contributed by atoms with Gasteiger partial charge in [-0.1, -0.05) is 6.07 Å². The molecule has 0 fully saturated rings. The highest BCUT2D eigenvalue weighted by atomic mass is 19.4. The first-order valence-corrected chi connectivity index (χ1v) is 8.41. The third kappa shape index (κ3) is 5.25. The SMILES string of the molecule is NC(=NCCc1cccc(C(F)(F)F)n1)Nc1ccc2c(c1)OCCCO2. The minimum absolute atomic E-state index is 0.150. The zero-order valence-corrected chi connectivity index (χ0v) is 14.4. The highest BCUT2D eigenvalue weighted by Gasteiger charge is 2.32. The number of rotatable bonds is 4. The Morgan fingerprint density at radius 3 is 2.70 bits per heavy atom. The molecule has 1 aliphatic rings. The fraction of sp³-hybridized carbons (Fsp3) is 0.333. The second kappa shape index (κ2) is 8.15. The number of hydrogen-bond donors (Lipinski definition) is 2. The summed E-state index contributed by atoms with van der Waals surface area (Å²) in [7, 11) is 0. The van der Waals surface area contributed by atoms with Gasteiger partial charge in [0.25, 0.3) is 0 Å². The lowest BCUT2D eigenvalue weighted by Gasteiger charge is -2.11. The van der Waals surface area contributed by atoms with E-state index in [0.29, 0.717) is 36.1 Å². The van der Waals surface area contributed by atoms with Crippen LogP contribution in [0.2, 0.25) is 0 Å². The molecule has 9 heteroatoms. The lowest BCUT2D eigenvalue weighted by atomic mass is 10.2. The molecule has 0 spiro atoms. The summed E-state index contributed by atoms with van der Waals surface area (Å²) in [4.78, 5) is 7.72. The van der Waals surface area contributed by atoms with E-state index in [4.69, 9.17) is 15.2 Å². The van der Waals surface area contributed by atoms with Crippen molar-refractivity contribution in [2.75, 3.05) is 25.1 Å². The van der Waals surface area contributed by atoms with Gasteiger partial charge >= 0.3 is 6.18 Å². The maximum absolute atomic E-state index is 12.7. The fourth-order valence-electron chi connectivity index (χ4n) is 2.50. The van der Waals surface area contributed by atoms with Crippen molar-refractivity contribution >= 4 is 11.6 Å². The Hall–Kier alpha value is -2.97. The predicted molar refractivity (Wildman–Crippen MR) is 95.1 cm³/mol. The normalized spacial score (nSPS) is 14.6. The average molecular weight is 380 g/mol. The summed E-state index contributed by atoms with van der Waals surface area (Å²) in [5.41, 5.74) is 5.91. The number of nitrogens with zero attached hydrogens (tertiary/aromatic N) is 2. The van der Waals surface area contributed by atoms with Crippen LogP contribution >= 0.6 is 0 Å². The molecule has 0 amide bonds. The molecule has 0 radical (unpaired) electrons. The van der Waals surface area contributed by atoms with Gasteiger partial charge in [-0.2, -0.15) is 13.2 Å². The Kier molecular flexibility index (Phi) is 5.68. The van der Waals surface area contributed by atoms with Crippen LogP contribution in [0.1, 0.15) is 17.8 Å². The van der Waals surface area contributed by atoms with Crippen molar-refractivity contribution in [2.45, 2.75) is 19.0 Å². The first-order valence-electron chi connectivity index (χ1n) is 8.41. The van der Waals surface area contributed by atoms with Crippen molar-refractivity contribution in [3.63, 3.8) is 0 Å². The van der Waals surface area contributed by atoms with Crippen LogP contribution in [0.15, 0.2) is 41.4 Å². The number of benzene rings is 1. The van der Waals surface area contributed by atoms with Gasteiger partial charge < -0.3 is 20.5 Å². The summed E-state index contributed by atoms with van der Waals surface area (Å²) in [5.74, 6) is 1.44. The fourth-order valence-corrected chi connectivity index (χ4v) is 2.50. The number of aliphatic imine (C=N–C) groups is 1. The summed E-state index contributed by atoms with van der Waals surface area (Å²) in [6, 6.07) is 9.11. The van der Waals surface area contributed by atoms with Gasteiger partial charge in [-0.25, -0.2) is 4.98 Å².